The maximum Gasteiger partial charge on any atom is 0.196 e. The zero-order chi connectivity index (χ0) is 18.5. The number of benzene rings is 2. The number of aliphatic hydroxyl groups excluding tert-OH is 1. The van der Waals surface area contributed by atoms with Crippen molar-refractivity contribution >= 4 is 59.8 Å². The van der Waals surface area contributed by atoms with Crippen LogP contribution in [0.2, 0.25) is 5.02 Å². The third kappa shape index (κ3) is 2.78. The average molecular weight is 397 g/mol. The first-order valence-electron chi connectivity index (χ1n) is 8.99. The van der Waals surface area contributed by atoms with Crippen LogP contribution in [0, 0.1) is 0 Å². The van der Waals surface area contributed by atoms with Crippen LogP contribution in [0.1, 0.15) is 12.8 Å². The Morgan fingerprint density at radius 1 is 1.11 bits per heavy atom. The Morgan fingerprint density at radius 2 is 1.89 bits per heavy atom. The van der Waals surface area contributed by atoms with Crippen molar-refractivity contribution in [1.29, 1.82) is 0 Å². The maximum absolute atomic E-state index is 13.4. The fraction of sp³-hybridized carbons (Fsp3) is 0.238. The molecule has 2 aromatic carbocycles. The van der Waals surface area contributed by atoms with Gasteiger partial charge in [0.2, 0.25) is 0 Å². The van der Waals surface area contributed by atoms with E-state index < -0.39 is 0 Å². The first-order valence-corrected chi connectivity index (χ1v) is 10.2. The number of aromatic nitrogens is 1. The molecule has 27 heavy (non-hydrogen) atoms. The first-order chi connectivity index (χ1) is 13.1. The van der Waals surface area contributed by atoms with Gasteiger partial charge in [-0.25, -0.2) is 4.98 Å². The molecule has 0 bridgehead atoms. The van der Waals surface area contributed by atoms with Crippen LogP contribution >= 0.6 is 22.9 Å². The predicted molar refractivity (Wildman–Crippen MR) is 113 cm³/mol. The number of fused-ring (bicyclic) bond motifs is 4. The summed E-state index contributed by atoms with van der Waals surface area (Å²) in [5.74, 6) is 0.842. The van der Waals surface area contributed by atoms with Crippen LogP contribution in [0.15, 0.2) is 47.3 Å². The Balaban J connectivity index is 1.90. The van der Waals surface area contributed by atoms with Crippen molar-refractivity contribution in [2.75, 3.05) is 18.0 Å². The van der Waals surface area contributed by atoms with Crippen molar-refractivity contribution in [3.05, 3.63) is 57.7 Å². The van der Waals surface area contributed by atoms with E-state index in [0.717, 1.165) is 39.2 Å². The van der Waals surface area contributed by atoms with Crippen LogP contribution in [-0.4, -0.2) is 29.3 Å². The van der Waals surface area contributed by atoms with Crippen LogP contribution in [0.5, 0.6) is 0 Å². The lowest BCUT2D eigenvalue weighted by Gasteiger charge is -2.31. The number of aliphatic hydroxyl groups is 1. The minimum atomic E-state index is -0.255. The van der Waals surface area contributed by atoms with E-state index in [-0.39, 0.29) is 11.5 Å². The van der Waals surface area contributed by atoms with Crippen molar-refractivity contribution in [2.24, 2.45) is 0 Å². The molecule has 4 nitrogen and oxygen atoms in total. The van der Waals surface area contributed by atoms with E-state index in [0.29, 0.717) is 28.6 Å². The van der Waals surface area contributed by atoms with E-state index in [9.17, 15) is 9.90 Å². The quantitative estimate of drug-likeness (QED) is 0.378. The number of piperidine rings is 1. The second kappa shape index (κ2) is 6.44. The van der Waals surface area contributed by atoms with Gasteiger partial charge in [0.25, 0.3) is 0 Å². The number of para-hydroxylation sites is 1. The molecular formula is C21H17ClN2O2S. The lowest BCUT2D eigenvalue weighted by Crippen LogP contribution is -2.36. The summed E-state index contributed by atoms with van der Waals surface area (Å²) in [6.07, 6.45) is 1.18. The fourth-order valence-electron chi connectivity index (χ4n) is 3.81. The maximum atomic E-state index is 13.4. The van der Waals surface area contributed by atoms with Crippen molar-refractivity contribution in [1.82, 2.24) is 4.98 Å². The largest absolute Gasteiger partial charge is 0.393 e. The summed E-state index contributed by atoms with van der Waals surface area (Å²) < 4.78 is 1.82. The highest BCUT2D eigenvalue weighted by Crippen LogP contribution is 2.36. The second-order valence-corrected chi connectivity index (χ2v) is 8.44. The van der Waals surface area contributed by atoms with E-state index in [2.05, 4.69) is 4.90 Å². The van der Waals surface area contributed by atoms with Crippen molar-refractivity contribution in [3.8, 4) is 0 Å². The molecule has 2 aromatic heterocycles. The van der Waals surface area contributed by atoms with E-state index >= 15 is 0 Å². The van der Waals surface area contributed by atoms with Gasteiger partial charge in [0.1, 0.15) is 5.82 Å². The number of halogens is 1. The molecule has 1 aliphatic heterocycles. The highest BCUT2D eigenvalue weighted by molar-refractivity contribution is 7.25. The van der Waals surface area contributed by atoms with Gasteiger partial charge in [0, 0.05) is 33.6 Å². The molecule has 0 saturated carbocycles. The number of hydrogen-bond acceptors (Lipinski definition) is 5. The standard InChI is InChI=1S/C21H17ClN2O2S/c22-12-5-6-17-15(11-12)19(26)18-14-3-1-2-4-16(14)23-21(20(18)27-17)24-9-7-13(25)8-10-24/h1-6,11,13,25H,7-10H2. The van der Waals surface area contributed by atoms with Crippen molar-refractivity contribution in [3.63, 3.8) is 0 Å². The summed E-state index contributed by atoms with van der Waals surface area (Å²) in [7, 11) is 0. The second-order valence-electron chi connectivity index (χ2n) is 6.95. The zero-order valence-corrected chi connectivity index (χ0v) is 16.1. The molecule has 1 aliphatic rings. The average Bonchev–Trinajstić information content (AvgIpc) is 2.68. The Kier molecular flexibility index (Phi) is 4.04. The molecule has 0 radical (unpaired) electrons. The number of anilines is 1. The number of hydrogen-bond donors (Lipinski definition) is 1. The van der Waals surface area contributed by atoms with Gasteiger partial charge in [0.15, 0.2) is 5.43 Å². The minimum Gasteiger partial charge on any atom is -0.393 e. The molecule has 5 rings (SSSR count). The van der Waals surface area contributed by atoms with Crippen LogP contribution in [0.4, 0.5) is 5.82 Å². The highest BCUT2D eigenvalue weighted by Gasteiger charge is 2.23. The monoisotopic (exact) mass is 396 g/mol. The van der Waals surface area contributed by atoms with Gasteiger partial charge in [-0.05, 0) is 37.1 Å². The normalized spacial score (nSPS) is 15.9. The van der Waals surface area contributed by atoms with E-state index in [1.165, 1.54) is 0 Å². The summed E-state index contributed by atoms with van der Waals surface area (Å²) in [6.45, 7) is 1.47. The van der Waals surface area contributed by atoms with Gasteiger partial charge in [-0.1, -0.05) is 29.8 Å². The SMILES string of the molecule is O=c1c2cc(Cl)ccc2sc2c(N3CCC(O)CC3)nc3ccccc3c12. The van der Waals surface area contributed by atoms with Gasteiger partial charge >= 0.3 is 0 Å². The van der Waals surface area contributed by atoms with E-state index in [1.54, 1.807) is 17.4 Å². The van der Waals surface area contributed by atoms with Crippen molar-refractivity contribution in [2.45, 2.75) is 18.9 Å². The molecule has 4 aromatic rings. The summed E-state index contributed by atoms with van der Waals surface area (Å²) in [6, 6.07) is 13.3. The van der Waals surface area contributed by atoms with Crippen LogP contribution in [0.3, 0.4) is 0 Å². The Labute approximate surface area is 164 Å². The molecule has 1 saturated heterocycles. The lowest BCUT2D eigenvalue weighted by atomic mass is 10.1. The Morgan fingerprint density at radius 3 is 2.70 bits per heavy atom. The fourth-order valence-corrected chi connectivity index (χ4v) is 5.17. The van der Waals surface area contributed by atoms with Gasteiger partial charge in [-0.15, -0.1) is 11.3 Å². The first kappa shape index (κ1) is 16.9. The summed E-state index contributed by atoms with van der Waals surface area (Å²) >= 11 is 7.73. The molecule has 1 fully saturated rings. The smallest absolute Gasteiger partial charge is 0.196 e. The number of rotatable bonds is 1. The van der Waals surface area contributed by atoms with Crippen molar-refractivity contribution < 1.29 is 5.11 Å². The molecule has 0 spiro atoms. The molecular weight excluding hydrogens is 380 g/mol. The zero-order valence-electron chi connectivity index (χ0n) is 14.5. The lowest BCUT2D eigenvalue weighted by molar-refractivity contribution is 0.145. The molecule has 0 amide bonds. The third-order valence-corrected chi connectivity index (χ3v) is 6.62. The molecule has 136 valence electrons. The molecule has 0 unspecified atom stereocenters. The van der Waals surface area contributed by atoms with E-state index in [4.69, 9.17) is 16.6 Å². The Bertz CT molecular complexity index is 1250. The molecule has 0 aliphatic carbocycles. The van der Waals surface area contributed by atoms with Gasteiger partial charge in [0.05, 0.1) is 21.7 Å². The highest BCUT2D eigenvalue weighted by atomic mass is 35.5. The number of pyridine rings is 1. The van der Waals surface area contributed by atoms with Gasteiger partial charge in [-0.3, -0.25) is 4.79 Å². The third-order valence-electron chi connectivity index (χ3n) is 5.22. The number of nitrogens with zero attached hydrogens (tertiary/aromatic N) is 2. The molecule has 6 heteroatoms. The summed E-state index contributed by atoms with van der Waals surface area (Å²) in [4.78, 5) is 20.5. The van der Waals surface area contributed by atoms with E-state index in [1.807, 2.05) is 36.4 Å². The van der Waals surface area contributed by atoms with Crippen LogP contribution in [-0.2, 0) is 0 Å². The van der Waals surface area contributed by atoms with Crippen LogP contribution in [0.25, 0.3) is 31.1 Å². The Hall–Kier alpha value is -2.21. The molecule has 1 N–H and O–H groups in total. The topological polar surface area (TPSA) is 53.4 Å². The molecule has 0 atom stereocenters. The minimum absolute atomic E-state index is 0.00172. The predicted octanol–water partition coefficient (Wildman–Crippen LogP) is 4.58. The van der Waals surface area contributed by atoms with Gasteiger partial charge in [-0.2, -0.15) is 0 Å². The summed E-state index contributed by atoms with van der Waals surface area (Å²) in [5.41, 5.74) is 0.815. The summed E-state index contributed by atoms with van der Waals surface area (Å²) in [5, 5.41) is 12.7. The molecule has 3 heterocycles. The van der Waals surface area contributed by atoms with Crippen LogP contribution < -0.4 is 10.3 Å². The van der Waals surface area contributed by atoms with Gasteiger partial charge < -0.3 is 10.0 Å².